The maximum absolute atomic E-state index is 12.3. The first-order chi connectivity index (χ1) is 12.2. The van der Waals surface area contributed by atoms with Crippen LogP contribution in [0, 0.1) is 10.1 Å². The molecule has 2 aromatic rings. The molecular formula is C15H11Cl2N3O6. The second kappa shape index (κ2) is 7.98. The fraction of sp³-hybridized carbons (Fsp3) is 0.133. The number of carbonyl (C=O) groups excluding carboxylic acids is 2. The number of benzene rings is 1. The monoisotopic (exact) mass is 399 g/mol. The molecule has 0 aliphatic carbocycles. The average molecular weight is 400 g/mol. The predicted molar refractivity (Wildman–Crippen MR) is 93.8 cm³/mol. The highest BCUT2D eigenvalue weighted by Gasteiger charge is 2.21. The molecule has 0 bridgehead atoms. The summed E-state index contributed by atoms with van der Waals surface area (Å²) < 4.78 is 5.16. The van der Waals surface area contributed by atoms with Crippen molar-refractivity contribution in [2.45, 2.75) is 6.54 Å². The summed E-state index contributed by atoms with van der Waals surface area (Å²) in [5.74, 6) is -1.75. The fourth-order valence-electron chi connectivity index (χ4n) is 2.03. The van der Waals surface area contributed by atoms with Crippen LogP contribution in [-0.4, -0.2) is 28.5 Å². The van der Waals surface area contributed by atoms with E-state index in [2.05, 4.69) is 10.1 Å². The summed E-state index contributed by atoms with van der Waals surface area (Å²) >= 11 is 11.8. The first-order valence-electron chi connectivity index (χ1n) is 6.95. The summed E-state index contributed by atoms with van der Waals surface area (Å²) in [5.41, 5.74) is -1.81. The molecule has 0 saturated heterocycles. The molecule has 0 saturated carbocycles. The van der Waals surface area contributed by atoms with Gasteiger partial charge in [0.2, 0.25) is 5.91 Å². The normalized spacial score (nSPS) is 10.3. The van der Waals surface area contributed by atoms with E-state index in [1.165, 1.54) is 18.2 Å². The van der Waals surface area contributed by atoms with Crippen LogP contribution in [-0.2, 0) is 16.1 Å². The van der Waals surface area contributed by atoms with Gasteiger partial charge in [-0.3, -0.25) is 24.3 Å². The second-order valence-electron chi connectivity index (χ2n) is 4.97. The standard InChI is InChI=1S/C15H11Cl2N3O6/c1-26-15(23)10-5-9(20(24)25)6-19(14(10)22)7-13(21)18-12-4-8(16)2-3-11(12)17/h2-6H,7H2,1H3,(H,18,21). The number of halogens is 2. The summed E-state index contributed by atoms with van der Waals surface area (Å²) in [7, 11) is 1.03. The number of aromatic nitrogens is 1. The number of rotatable bonds is 5. The van der Waals surface area contributed by atoms with Gasteiger partial charge in [0.25, 0.3) is 11.2 Å². The molecule has 0 atom stereocenters. The van der Waals surface area contributed by atoms with Crippen molar-refractivity contribution >= 4 is 46.5 Å². The van der Waals surface area contributed by atoms with Crippen molar-refractivity contribution in [2.24, 2.45) is 0 Å². The van der Waals surface area contributed by atoms with Gasteiger partial charge in [-0.05, 0) is 18.2 Å². The Bertz CT molecular complexity index is 957. The zero-order valence-electron chi connectivity index (χ0n) is 13.2. The molecule has 1 N–H and O–H groups in total. The van der Waals surface area contributed by atoms with Crippen LogP contribution in [0.1, 0.15) is 10.4 Å². The molecule has 0 aliphatic rings. The molecule has 2 rings (SSSR count). The highest BCUT2D eigenvalue weighted by molar-refractivity contribution is 6.35. The van der Waals surface area contributed by atoms with Crippen LogP contribution in [0.25, 0.3) is 0 Å². The number of pyridine rings is 1. The quantitative estimate of drug-likeness (QED) is 0.468. The lowest BCUT2D eigenvalue weighted by atomic mass is 10.2. The van der Waals surface area contributed by atoms with Crippen molar-refractivity contribution in [3.63, 3.8) is 0 Å². The number of esters is 1. The molecule has 0 radical (unpaired) electrons. The highest BCUT2D eigenvalue weighted by Crippen LogP contribution is 2.25. The molecular weight excluding hydrogens is 389 g/mol. The van der Waals surface area contributed by atoms with Gasteiger partial charge in [0.1, 0.15) is 12.1 Å². The number of carbonyl (C=O) groups is 2. The Labute approximate surface area is 156 Å². The van der Waals surface area contributed by atoms with E-state index in [-0.39, 0.29) is 10.7 Å². The molecule has 1 aromatic heterocycles. The molecule has 0 spiro atoms. The van der Waals surface area contributed by atoms with Crippen LogP contribution in [0.2, 0.25) is 10.0 Å². The predicted octanol–water partition coefficient (Wildman–Crippen LogP) is 2.49. The summed E-state index contributed by atoms with van der Waals surface area (Å²) in [5, 5.41) is 14.0. The number of nitrogens with one attached hydrogen (secondary N) is 1. The van der Waals surface area contributed by atoms with Crippen molar-refractivity contribution in [1.82, 2.24) is 4.57 Å². The molecule has 1 amide bonds. The number of nitro groups is 1. The van der Waals surface area contributed by atoms with Gasteiger partial charge in [0.05, 0.1) is 28.9 Å². The van der Waals surface area contributed by atoms with E-state index >= 15 is 0 Å². The van der Waals surface area contributed by atoms with Gasteiger partial charge in [0.15, 0.2) is 0 Å². The van der Waals surface area contributed by atoms with E-state index in [0.717, 1.165) is 23.9 Å². The maximum atomic E-state index is 12.3. The first kappa shape index (κ1) is 19.4. The SMILES string of the molecule is COC(=O)c1cc([N+](=O)[O-])cn(CC(=O)Nc2cc(Cl)ccc2Cl)c1=O. The zero-order chi connectivity index (χ0) is 19.4. The van der Waals surface area contributed by atoms with Crippen LogP contribution in [0.15, 0.2) is 35.3 Å². The number of anilines is 1. The summed E-state index contributed by atoms with van der Waals surface area (Å²) in [6, 6.07) is 5.18. The maximum Gasteiger partial charge on any atom is 0.343 e. The van der Waals surface area contributed by atoms with Gasteiger partial charge < -0.3 is 10.1 Å². The van der Waals surface area contributed by atoms with Crippen molar-refractivity contribution in [3.8, 4) is 0 Å². The van der Waals surface area contributed by atoms with Gasteiger partial charge in [0, 0.05) is 11.1 Å². The third-order valence-electron chi connectivity index (χ3n) is 3.20. The van der Waals surface area contributed by atoms with Gasteiger partial charge in [-0.15, -0.1) is 0 Å². The molecule has 1 heterocycles. The van der Waals surface area contributed by atoms with Crippen LogP contribution < -0.4 is 10.9 Å². The van der Waals surface area contributed by atoms with Crippen molar-refractivity contribution in [1.29, 1.82) is 0 Å². The van der Waals surface area contributed by atoms with Crippen LogP contribution in [0.3, 0.4) is 0 Å². The summed E-state index contributed by atoms with van der Waals surface area (Å²) in [6.07, 6.45) is 0.855. The number of amides is 1. The van der Waals surface area contributed by atoms with Crippen LogP contribution in [0.4, 0.5) is 11.4 Å². The van der Waals surface area contributed by atoms with Crippen molar-refractivity contribution < 1.29 is 19.2 Å². The molecule has 0 fully saturated rings. The van der Waals surface area contributed by atoms with E-state index < -0.39 is 40.2 Å². The largest absolute Gasteiger partial charge is 0.465 e. The van der Waals surface area contributed by atoms with Crippen molar-refractivity contribution in [3.05, 3.63) is 66.5 Å². The van der Waals surface area contributed by atoms with Gasteiger partial charge >= 0.3 is 5.97 Å². The number of hydrogen-bond donors (Lipinski definition) is 1. The molecule has 26 heavy (non-hydrogen) atoms. The average Bonchev–Trinajstić information content (AvgIpc) is 2.59. The molecule has 0 aliphatic heterocycles. The van der Waals surface area contributed by atoms with Gasteiger partial charge in [-0.1, -0.05) is 23.2 Å². The second-order valence-corrected chi connectivity index (χ2v) is 5.81. The Hall–Kier alpha value is -2.91. The molecule has 1 aromatic carbocycles. The third-order valence-corrected chi connectivity index (χ3v) is 3.77. The molecule has 136 valence electrons. The zero-order valence-corrected chi connectivity index (χ0v) is 14.7. The van der Waals surface area contributed by atoms with E-state index in [9.17, 15) is 24.5 Å². The topological polar surface area (TPSA) is 121 Å². The van der Waals surface area contributed by atoms with E-state index in [0.29, 0.717) is 5.02 Å². The Morgan fingerprint density at radius 1 is 1.31 bits per heavy atom. The fourth-order valence-corrected chi connectivity index (χ4v) is 2.37. The number of methoxy groups -OCH3 is 1. The first-order valence-corrected chi connectivity index (χ1v) is 7.70. The highest BCUT2D eigenvalue weighted by atomic mass is 35.5. The Morgan fingerprint density at radius 2 is 2.00 bits per heavy atom. The van der Waals surface area contributed by atoms with Crippen molar-refractivity contribution in [2.75, 3.05) is 12.4 Å². The molecule has 9 nitrogen and oxygen atoms in total. The summed E-state index contributed by atoms with van der Waals surface area (Å²) in [6.45, 7) is -0.590. The van der Waals surface area contributed by atoms with Gasteiger partial charge in [-0.25, -0.2) is 4.79 Å². The summed E-state index contributed by atoms with van der Waals surface area (Å²) in [4.78, 5) is 46.3. The molecule has 11 heteroatoms. The third kappa shape index (κ3) is 4.38. The number of nitrogens with zero attached hydrogens (tertiary/aromatic N) is 2. The van der Waals surface area contributed by atoms with E-state index in [1.54, 1.807) is 0 Å². The lowest BCUT2D eigenvalue weighted by Crippen LogP contribution is -2.31. The van der Waals surface area contributed by atoms with Crippen LogP contribution in [0.5, 0.6) is 0 Å². The van der Waals surface area contributed by atoms with E-state index in [4.69, 9.17) is 23.2 Å². The molecule has 0 unspecified atom stereocenters. The Balaban J connectivity index is 2.35. The van der Waals surface area contributed by atoms with E-state index in [1.807, 2.05) is 0 Å². The number of hydrogen-bond acceptors (Lipinski definition) is 6. The minimum atomic E-state index is -1.05. The smallest absolute Gasteiger partial charge is 0.343 e. The van der Waals surface area contributed by atoms with Crippen LogP contribution >= 0.6 is 23.2 Å². The minimum Gasteiger partial charge on any atom is -0.465 e. The van der Waals surface area contributed by atoms with Gasteiger partial charge in [-0.2, -0.15) is 0 Å². The Kier molecular flexibility index (Phi) is 5.96. The number of ether oxygens (including phenoxy) is 1. The lowest BCUT2D eigenvalue weighted by molar-refractivity contribution is -0.385. The lowest BCUT2D eigenvalue weighted by Gasteiger charge is -2.10. The Morgan fingerprint density at radius 3 is 2.62 bits per heavy atom. The minimum absolute atomic E-state index is 0.204.